The van der Waals surface area contributed by atoms with E-state index in [2.05, 4.69) is 5.32 Å². The lowest BCUT2D eigenvalue weighted by atomic mass is 9.99. The minimum atomic E-state index is -1.23. The molecule has 0 radical (unpaired) electrons. The van der Waals surface area contributed by atoms with Crippen molar-refractivity contribution in [1.29, 1.82) is 0 Å². The number of likely N-dealkylation sites (tertiary alicyclic amines) is 1. The highest BCUT2D eigenvalue weighted by Crippen LogP contribution is 2.16. The Bertz CT molecular complexity index is 385. The Morgan fingerprint density at radius 2 is 2.10 bits per heavy atom. The molecule has 0 aromatic rings. The average Bonchev–Trinajstić information content (AvgIpc) is 2.43. The quantitative estimate of drug-likeness (QED) is 0.626. The number of carbonyl (C=O) groups excluding carboxylic acids is 1. The number of ether oxygens (including phenoxy) is 1. The summed E-state index contributed by atoms with van der Waals surface area (Å²) in [4.78, 5) is 35.2. The fraction of sp³-hybridized carbons (Fsp3) is 0.769. The highest BCUT2D eigenvalue weighted by Gasteiger charge is 2.27. The lowest BCUT2D eigenvalue weighted by Crippen LogP contribution is -2.51. The van der Waals surface area contributed by atoms with E-state index < -0.39 is 24.0 Å². The molecule has 21 heavy (non-hydrogen) atoms. The summed E-state index contributed by atoms with van der Waals surface area (Å²) in [6.45, 7) is 1.65. The molecule has 1 saturated heterocycles. The molecular weight excluding hydrogens is 280 g/mol. The van der Waals surface area contributed by atoms with Crippen LogP contribution in [0.15, 0.2) is 0 Å². The number of carboxylic acids is 2. The standard InChI is InChI=1S/C13H22N2O6/c1-21-8-9-3-2-6-15(7-9)13(20)14-10(12(18)19)4-5-11(16)17/h9-10H,2-8H2,1H3,(H,14,20)(H,16,17)(H,18,19). The maximum atomic E-state index is 12.1. The topological polar surface area (TPSA) is 116 Å². The van der Waals surface area contributed by atoms with Crippen LogP contribution in [0.3, 0.4) is 0 Å². The van der Waals surface area contributed by atoms with Gasteiger partial charge in [0.05, 0.1) is 6.61 Å². The molecular formula is C13H22N2O6. The Morgan fingerprint density at radius 3 is 2.67 bits per heavy atom. The Labute approximate surface area is 123 Å². The number of urea groups is 1. The van der Waals surface area contributed by atoms with Gasteiger partial charge < -0.3 is 25.2 Å². The fourth-order valence-corrected chi connectivity index (χ4v) is 2.39. The van der Waals surface area contributed by atoms with Crippen LogP contribution in [0.1, 0.15) is 25.7 Å². The molecule has 1 aliphatic rings. The first-order valence-electron chi connectivity index (χ1n) is 6.93. The molecule has 1 fully saturated rings. The van der Waals surface area contributed by atoms with Crippen molar-refractivity contribution in [2.45, 2.75) is 31.7 Å². The molecule has 0 saturated carbocycles. The van der Waals surface area contributed by atoms with Gasteiger partial charge in [0.15, 0.2) is 0 Å². The zero-order valence-corrected chi connectivity index (χ0v) is 12.1. The van der Waals surface area contributed by atoms with Crippen molar-refractivity contribution in [2.24, 2.45) is 5.92 Å². The van der Waals surface area contributed by atoms with Gasteiger partial charge in [-0.15, -0.1) is 0 Å². The van der Waals surface area contributed by atoms with E-state index >= 15 is 0 Å². The summed E-state index contributed by atoms with van der Waals surface area (Å²) in [5.74, 6) is -2.07. The molecule has 3 N–H and O–H groups in total. The van der Waals surface area contributed by atoms with Crippen LogP contribution in [0, 0.1) is 5.92 Å². The molecule has 120 valence electrons. The van der Waals surface area contributed by atoms with Crippen LogP contribution in [0.25, 0.3) is 0 Å². The van der Waals surface area contributed by atoms with Crippen LogP contribution >= 0.6 is 0 Å². The Hall–Kier alpha value is -1.83. The number of carbonyl (C=O) groups is 3. The smallest absolute Gasteiger partial charge is 0.326 e. The molecule has 2 amide bonds. The van der Waals surface area contributed by atoms with Gasteiger partial charge in [-0.25, -0.2) is 9.59 Å². The Balaban J connectivity index is 2.52. The van der Waals surface area contributed by atoms with Crippen molar-refractivity contribution in [1.82, 2.24) is 10.2 Å². The summed E-state index contributed by atoms with van der Waals surface area (Å²) >= 11 is 0. The van der Waals surface area contributed by atoms with Crippen molar-refractivity contribution in [3.63, 3.8) is 0 Å². The fourth-order valence-electron chi connectivity index (χ4n) is 2.39. The van der Waals surface area contributed by atoms with E-state index in [4.69, 9.17) is 14.9 Å². The summed E-state index contributed by atoms with van der Waals surface area (Å²) in [6.07, 6.45) is 1.38. The second kappa shape index (κ2) is 8.46. The molecule has 2 atom stereocenters. The third kappa shape index (κ3) is 5.99. The first-order chi connectivity index (χ1) is 9.93. The van der Waals surface area contributed by atoms with E-state index in [1.807, 2.05) is 0 Å². The molecule has 1 aliphatic heterocycles. The van der Waals surface area contributed by atoms with Crippen LogP contribution in [-0.2, 0) is 14.3 Å². The highest BCUT2D eigenvalue weighted by atomic mass is 16.5. The zero-order chi connectivity index (χ0) is 15.8. The number of aliphatic carboxylic acids is 2. The van der Waals surface area contributed by atoms with Gasteiger partial charge >= 0.3 is 18.0 Å². The van der Waals surface area contributed by atoms with E-state index in [1.165, 1.54) is 0 Å². The van der Waals surface area contributed by atoms with Crippen molar-refractivity contribution in [2.75, 3.05) is 26.8 Å². The van der Waals surface area contributed by atoms with Crippen LogP contribution in [-0.4, -0.2) is 65.9 Å². The molecule has 0 aliphatic carbocycles. The number of nitrogens with zero attached hydrogens (tertiary/aromatic N) is 1. The molecule has 1 heterocycles. The van der Waals surface area contributed by atoms with Gasteiger partial charge in [0.2, 0.25) is 0 Å². The number of nitrogens with one attached hydrogen (secondary N) is 1. The number of rotatable bonds is 7. The minimum Gasteiger partial charge on any atom is -0.481 e. The molecule has 8 heteroatoms. The number of hydrogen-bond donors (Lipinski definition) is 3. The number of carboxylic acid groups (broad SMARTS) is 2. The molecule has 0 spiro atoms. The monoisotopic (exact) mass is 302 g/mol. The second-order valence-corrected chi connectivity index (χ2v) is 5.18. The molecule has 0 bridgehead atoms. The lowest BCUT2D eigenvalue weighted by Gasteiger charge is -2.33. The van der Waals surface area contributed by atoms with Crippen molar-refractivity contribution < 1.29 is 29.3 Å². The van der Waals surface area contributed by atoms with E-state index in [1.54, 1.807) is 12.0 Å². The molecule has 1 rings (SSSR count). The summed E-state index contributed by atoms with van der Waals surface area (Å²) < 4.78 is 5.08. The van der Waals surface area contributed by atoms with E-state index in [0.717, 1.165) is 12.8 Å². The number of methoxy groups -OCH3 is 1. The molecule has 2 unspecified atom stereocenters. The van der Waals surface area contributed by atoms with Crippen molar-refractivity contribution in [3.8, 4) is 0 Å². The SMILES string of the molecule is COCC1CCCN(C(=O)NC(CCC(=O)O)C(=O)O)C1. The lowest BCUT2D eigenvalue weighted by molar-refractivity contribution is -0.140. The summed E-state index contributed by atoms with van der Waals surface area (Å²) in [7, 11) is 1.60. The predicted molar refractivity (Wildman–Crippen MR) is 73.0 cm³/mol. The van der Waals surface area contributed by atoms with E-state index in [0.29, 0.717) is 19.7 Å². The van der Waals surface area contributed by atoms with Crippen LogP contribution in [0.2, 0.25) is 0 Å². The number of amides is 2. The second-order valence-electron chi connectivity index (χ2n) is 5.18. The summed E-state index contributed by atoms with van der Waals surface area (Å²) in [6, 6.07) is -1.65. The maximum absolute atomic E-state index is 12.1. The van der Waals surface area contributed by atoms with Crippen molar-refractivity contribution in [3.05, 3.63) is 0 Å². The first-order valence-corrected chi connectivity index (χ1v) is 6.93. The predicted octanol–water partition coefficient (Wildman–Crippen LogP) is 0.372. The maximum Gasteiger partial charge on any atom is 0.326 e. The molecule has 0 aromatic carbocycles. The third-order valence-corrected chi connectivity index (χ3v) is 3.45. The number of piperidine rings is 1. The van der Waals surface area contributed by atoms with Gasteiger partial charge in [0, 0.05) is 32.5 Å². The van der Waals surface area contributed by atoms with Crippen LogP contribution < -0.4 is 5.32 Å². The van der Waals surface area contributed by atoms with Gasteiger partial charge in [-0.1, -0.05) is 0 Å². The Morgan fingerprint density at radius 1 is 1.38 bits per heavy atom. The first kappa shape index (κ1) is 17.2. The molecule has 0 aromatic heterocycles. The summed E-state index contributed by atoms with van der Waals surface area (Å²) in [5.41, 5.74) is 0. The van der Waals surface area contributed by atoms with Crippen molar-refractivity contribution >= 4 is 18.0 Å². The third-order valence-electron chi connectivity index (χ3n) is 3.45. The van der Waals surface area contributed by atoms with Crippen LogP contribution in [0.4, 0.5) is 4.79 Å². The van der Waals surface area contributed by atoms with Crippen LogP contribution in [0.5, 0.6) is 0 Å². The van der Waals surface area contributed by atoms with Gasteiger partial charge in [0.25, 0.3) is 0 Å². The minimum absolute atomic E-state index is 0.133. The number of hydrogen-bond acceptors (Lipinski definition) is 4. The van der Waals surface area contributed by atoms with Gasteiger partial charge in [-0.05, 0) is 19.3 Å². The Kier molecular flexibility index (Phi) is 6.93. The van der Waals surface area contributed by atoms with Gasteiger partial charge in [-0.3, -0.25) is 4.79 Å². The normalized spacial score (nSPS) is 19.9. The van der Waals surface area contributed by atoms with Gasteiger partial charge in [0.1, 0.15) is 6.04 Å². The van der Waals surface area contributed by atoms with E-state index in [-0.39, 0.29) is 18.8 Å². The highest BCUT2D eigenvalue weighted by molar-refractivity contribution is 5.83. The largest absolute Gasteiger partial charge is 0.481 e. The molecule has 8 nitrogen and oxygen atoms in total. The summed E-state index contributed by atoms with van der Waals surface area (Å²) in [5, 5.41) is 20.0. The zero-order valence-electron chi connectivity index (χ0n) is 12.1. The average molecular weight is 302 g/mol. The van der Waals surface area contributed by atoms with E-state index in [9.17, 15) is 14.4 Å². The van der Waals surface area contributed by atoms with Gasteiger partial charge in [-0.2, -0.15) is 0 Å².